The third kappa shape index (κ3) is 4.29. The van der Waals surface area contributed by atoms with Gasteiger partial charge in [0, 0.05) is 23.3 Å². The standard InChI is InChI=1S/C14H16BrN3O/c1-10-6-13(16-2)18-14(17-10)9-19-8-11-4-3-5-12(15)7-11/h3-7H,8-9H2,1-2H3,(H,16,17,18). The van der Waals surface area contributed by atoms with E-state index in [4.69, 9.17) is 4.74 Å². The van der Waals surface area contributed by atoms with E-state index in [1.165, 1.54) is 0 Å². The van der Waals surface area contributed by atoms with Crippen LogP contribution in [-0.4, -0.2) is 17.0 Å². The fraction of sp³-hybridized carbons (Fsp3) is 0.286. The van der Waals surface area contributed by atoms with Crippen LogP contribution in [0.5, 0.6) is 0 Å². The number of benzene rings is 1. The van der Waals surface area contributed by atoms with Crippen molar-refractivity contribution in [3.05, 3.63) is 51.9 Å². The van der Waals surface area contributed by atoms with Gasteiger partial charge in [0.1, 0.15) is 12.4 Å². The van der Waals surface area contributed by atoms with Gasteiger partial charge in [-0.2, -0.15) is 0 Å². The topological polar surface area (TPSA) is 47.0 Å². The first-order valence-electron chi connectivity index (χ1n) is 6.02. The van der Waals surface area contributed by atoms with Crippen LogP contribution < -0.4 is 5.32 Å². The number of aryl methyl sites for hydroxylation is 1. The second kappa shape index (κ2) is 6.63. The van der Waals surface area contributed by atoms with E-state index in [0.29, 0.717) is 19.0 Å². The quantitative estimate of drug-likeness (QED) is 0.917. The van der Waals surface area contributed by atoms with Crippen molar-refractivity contribution in [3.8, 4) is 0 Å². The molecule has 1 N–H and O–H groups in total. The maximum absolute atomic E-state index is 5.64. The molecular formula is C14H16BrN3O. The first-order chi connectivity index (χ1) is 9.17. The molecule has 0 amide bonds. The second-order valence-corrected chi connectivity index (χ2v) is 5.10. The summed E-state index contributed by atoms with van der Waals surface area (Å²) in [5, 5.41) is 3.01. The van der Waals surface area contributed by atoms with Crippen LogP contribution >= 0.6 is 15.9 Å². The van der Waals surface area contributed by atoms with E-state index in [1.807, 2.05) is 44.3 Å². The molecule has 1 aromatic heterocycles. The van der Waals surface area contributed by atoms with Crippen molar-refractivity contribution in [2.24, 2.45) is 0 Å². The molecule has 0 aliphatic carbocycles. The third-order valence-corrected chi connectivity index (χ3v) is 3.04. The van der Waals surface area contributed by atoms with Gasteiger partial charge < -0.3 is 10.1 Å². The van der Waals surface area contributed by atoms with Gasteiger partial charge in [-0.1, -0.05) is 28.1 Å². The van der Waals surface area contributed by atoms with Crippen LogP contribution in [0.3, 0.4) is 0 Å². The van der Waals surface area contributed by atoms with E-state index < -0.39 is 0 Å². The lowest BCUT2D eigenvalue weighted by molar-refractivity contribution is 0.102. The highest BCUT2D eigenvalue weighted by atomic mass is 79.9. The van der Waals surface area contributed by atoms with Crippen molar-refractivity contribution in [2.75, 3.05) is 12.4 Å². The van der Waals surface area contributed by atoms with Gasteiger partial charge in [-0.15, -0.1) is 0 Å². The molecule has 0 spiro atoms. The summed E-state index contributed by atoms with van der Waals surface area (Å²) in [5.74, 6) is 1.51. The average molecular weight is 322 g/mol. The van der Waals surface area contributed by atoms with Crippen LogP contribution in [0.2, 0.25) is 0 Å². The van der Waals surface area contributed by atoms with Crippen LogP contribution in [0, 0.1) is 6.92 Å². The van der Waals surface area contributed by atoms with E-state index >= 15 is 0 Å². The van der Waals surface area contributed by atoms with E-state index in [2.05, 4.69) is 31.2 Å². The van der Waals surface area contributed by atoms with Crippen molar-refractivity contribution in [3.63, 3.8) is 0 Å². The van der Waals surface area contributed by atoms with Gasteiger partial charge >= 0.3 is 0 Å². The summed E-state index contributed by atoms with van der Waals surface area (Å²) in [5.41, 5.74) is 2.05. The lowest BCUT2D eigenvalue weighted by Gasteiger charge is -2.07. The molecule has 0 unspecified atom stereocenters. The minimum atomic E-state index is 0.406. The summed E-state index contributed by atoms with van der Waals surface area (Å²) in [6.45, 7) is 2.90. The summed E-state index contributed by atoms with van der Waals surface area (Å²) in [4.78, 5) is 8.69. The molecule has 19 heavy (non-hydrogen) atoms. The van der Waals surface area contributed by atoms with E-state index in [-0.39, 0.29) is 0 Å². The van der Waals surface area contributed by atoms with Gasteiger partial charge in [-0.05, 0) is 24.6 Å². The SMILES string of the molecule is CNc1cc(C)nc(COCc2cccc(Br)c2)n1. The molecule has 0 aliphatic heterocycles. The van der Waals surface area contributed by atoms with Crippen molar-refractivity contribution < 1.29 is 4.74 Å². The molecule has 0 saturated carbocycles. The maximum Gasteiger partial charge on any atom is 0.156 e. The number of rotatable bonds is 5. The monoisotopic (exact) mass is 321 g/mol. The van der Waals surface area contributed by atoms with Gasteiger partial charge in [0.25, 0.3) is 0 Å². The van der Waals surface area contributed by atoms with Crippen molar-refractivity contribution in [2.45, 2.75) is 20.1 Å². The van der Waals surface area contributed by atoms with Crippen molar-refractivity contribution >= 4 is 21.7 Å². The fourth-order valence-corrected chi connectivity index (χ4v) is 2.16. The lowest BCUT2D eigenvalue weighted by Crippen LogP contribution is -2.04. The molecule has 2 aromatic rings. The molecule has 100 valence electrons. The highest BCUT2D eigenvalue weighted by molar-refractivity contribution is 9.10. The Morgan fingerprint density at radius 3 is 2.79 bits per heavy atom. The number of nitrogens with zero attached hydrogens (tertiary/aromatic N) is 2. The third-order valence-electron chi connectivity index (χ3n) is 2.55. The molecule has 0 fully saturated rings. The lowest BCUT2D eigenvalue weighted by atomic mass is 10.2. The van der Waals surface area contributed by atoms with E-state index in [9.17, 15) is 0 Å². The zero-order valence-electron chi connectivity index (χ0n) is 11.0. The Hall–Kier alpha value is -1.46. The molecule has 1 heterocycles. The predicted octanol–water partition coefficient (Wildman–Crippen LogP) is 3.31. The Kier molecular flexibility index (Phi) is 4.87. The number of nitrogens with one attached hydrogen (secondary N) is 1. The Balaban J connectivity index is 1.94. The van der Waals surface area contributed by atoms with E-state index in [0.717, 1.165) is 21.5 Å². The number of anilines is 1. The Bertz CT molecular complexity index is 560. The second-order valence-electron chi connectivity index (χ2n) is 4.18. The molecule has 1 aromatic carbocycles. The minimum Gasteiger partial charge on any atom is -0.373 e. The van der Waals surface area contributed by atoms with Crippen LogP contribution in [0.25, 0.3) is 0 Å². The molecule has 4 nitrogen and oxygen atoms in total. The molecular weight excluding hydrogens is 306 g/mol. The number of hydrogen-bond donors (Lipinski definition) is 1. The van der Waals surface area contributed by atoms with Crippen LogP contribution in [0.1, 0.15) is 17.1 Å². The molecule has 0 aliphatic rings. The maximum atomic E-state index is 5.64. The van der Waals surface area contributed by atoms with Crippen molar-refractivity contribution in [1.82, 2.24) is 9.97 Å². The Morgan fingerprint density at radius 2 is 2.05 bits per heavy atom. The number of halogens is 1. The summed E-state index contributed by atoms with van der Waals surface area (Å²) >= 11 is 3.44. The smallest absolute Gasteiger partial charge is 0.156 e. The highest BCUT2D eigenvalue weighted by Crippen LogP contribution is 2.13. The molecule has 2 rings (SSSR count). The predicted molar refractivity (Wildman–Crippen MR) is 79.0 cm³/mol. The Morgan fingerprint density at radius 1 is 1.21 bits per heavy atom. The molecule has 0 radical (unpaired) electrons. The van der Waals surface area contributed by atoms with Crippen molar-refractivity contribution in [1.29, 1.82) is 0 Å². The van der Waals surface area contributed by atoms with Gasteiger partial charge in [-0.3, -0.25) is 0 Å². The van der Waals surface area contributed by atoms with Gasteiger partial charge in [0.15, 0.2) is 5.82 Å². The normalized spacial score (nSPS) is 10.5. The number of aromatic nitrogens is 2. The van der Waals surface area contributed by atoms with Gasteiger partial charge in [0.05, 0.1) is 6.61 Å². The summed E-state index contributed by atoms with van der Waals surface area (Å²) < 4.78 is 6.70. The zero-order valence-corrected chi connectivity index (χ0v) is 12.6. The first-order valence-corrected chi connectivity index (χ1v) is 6.81. The summed E-state index contributed by atoms with van der Waals surface area (Å²) in [6.07, 6.45) is 0. The van der Waals surface area contributed by atoms with Gasteiger partial charge in [0.2, 0.25) is 0 Å². The van der Waals surface area contributed by atoms with E-state index in [1.54, 1.807) is 0 Å². The summed E-state index contributed by atoms with van der Waals surface area (Å²) in [7, 11) is 1.84. The summed E-state index contributed by atoms with van der Waals surface area (Å²) in [6, 6.07) is 9.95. The number of ether oxygens (including phenoxy) is 1. The van der Waals surface area contributed by atoms with Crippen LogP contribution in [0.15, 0.2) is 34.8 Å². The average Bonchev–Trinajstić information content (AvgIpc) is 2.38. The van der Waals surface area contributed by atoms with Crippen LogP contribution in [0.4, 0.5) is 5.82 Å². The molecule has 0 saturated heterocycles. The number of hydrogen-bond acceptors (Lipinski definition) is 4. The Labute approximate surface area is 121 Å². The largest absolute Gasteiger partial charge is 0.373 e. The highest BCUT2D eigenvalue weighted by Gasteiger charge is 2.02. The molecule has 5 heteroatoms. The first kappa shape index (κ1) is 14.0. The van der Waals surface area contributed by atoms with Gasteiger partial charge in [-0.25, -0.2) is 9.97 Å². The molecule has 0 bridgehead atoms. The minimum absolute atomic E-state index is 0.406. The fourth-order valence-electron chi connectivity index (χ4n) is 1.71. The zero-order chi connectivity index (χ0) is 13.7. The molecule has 0 atom stereocenters. The van der Waals surface area contributed by atoms with Crippen LogP contribution in [-0.2, 0) is 18.0 Å².